The topological polar surface area (TPSA) is 177 Å². The number of carbonyl (C=O) groups is 4. The van der Waals surface area contributed by atoms with Crippen molar-refractivity contribution < 1.29 is 24.3 Å². The van der Waals surface area contributed by atoms with Crippen LogP contribution >= 0.6 is 0 Å². The van der Waals surface area contributed by atoms with Crippen LogP contribution in [0.2, 0.25) is 0 Å². The molecule has 0 aliphatic heterocycles. The first-order chi connectivity index (χ1) is 14.8. The molecule has 0 fully saturated rings. The molecular formula is C22H43N5O5. The number of nitrogens with two attached hydrogens (primary N) is 2. The molecular weight excluding hydrogens is 414 g/mol. The smallest absolute Gasteiger partial charge is 0.326 e. The maximum absolute atomic E-state index is 13.0. The summed E-state index contributed by atoms with van der Waals surface area (Å²) in [6.45, 7) is 11.3. The normalized spacial score (nSPS) is 15.2. The van der Waals surface area contributed by atoms with Crippen LogP contribution in [0.15, 0.2) is 0 Å². The van der Waals surface area contributed by atoms with E-state index < -0.39 is 47.9 Å². The Morgan fingerprint density at radius 2 is 1.34 bits per heavy atom. The maximum Gasteiger partial charge on any atom is 0.326 e. The van der Waals surface area contributed by atoms with E-state index in [-0.39, 0.29) is 24.2 Å². The van der Waals surface area contributed by atoms with E-state index in [0.29, 0.717) is 25.8 Å². The van der Waals surface area contributed by atoms with Gasteiger partial charge in [-0.05, 0) is 50.0 Å². The molecule has 0 spiro atoms. The number of hydrogen-bond donors (Lipinski definition) is 6. The first kappa shape index (κ1) is 29.8. The van der Waals surface area contributed by atoms with E-state index in [1.54, 1.807) is 13.8 Å². The molecule has 4 atom stereocenters. The zero-order chi connectivity index (χ0) is 25.0. The summed E-state index contributed by atoms with van der Waals surface area (Å²) in [4.78, 5) is 49.7. The Labute approximate surface area is 191 Å². The Kier molecular flexibility index (Phi) is 13.8. The van der Waals surface area contributed by atoms with E-state index in [0.717, 1.165) is 0 Å². The van der Waals surface area contributed by atoms with Crippen molar-refractivity contribution in [3.63, 3.8) is 0 Å². The lowest BCUT2D eigenvalue weighted by molar-refractivity contribution is -0.143. The molecule has 0 aromatic rings. The minimum absolute atomic E-state index is 0.0624. The summed E-state index contributed by atoms with van der Waals surface area (Å²) in [6, 6.07) is -3.65. The molecule has 32 heavy (non-hydrogen) atoms. The van der Waals surface area contributed by atoms with Gasteiger partial charge in [0.2, 0.25) is 17.7 Å². The van der Waals surface area contributed by atoms with Gasteiger partial charge < -0.3 is 32.5 Å². The Morgan fingerprint density at radius 1 is 0.781 bits per heavy atom. The highest BCUT2D eigenvalue weighted by Crippen LogP contribution is 2.09. The number of amides is 3. The van der Waals surface area contributed by atoms with Gasteiger partial charge in [0.15, 0.2) is 0 Å². The molecule has 0 aromatic heterocycles. The van der Waals surface area contributed by atoms with Crippen LogP contribution in [0.1, 0.15) is 67.2 Å². The second kappa shape index (κ2) is 14.8. The van der Waals surface area contributed by atoms with Gasteiger partial charge in [-0.15, -0.1) is 0 Å². The molecule has 0 aliphatic rings. The van der Waals surface area contributed by atoms with Crippen molar-refractivity contribution in [2.75, 3.05) is 6.54 Å². The monoisotopic (exact) mass is 457 g/mol. The van der Waals surface area contributed by atoms with Crippen molar-refractivity contribution >= 4 is 23.7 Å². The molecule has 0 aromatic carbocycles. The zero-order valence-corrected chi connectivity index (χ0v) is 20.3. The summed E-state index contributed by atoms with van der Waals surface area (Å²) < 4.78 is 0. The van der Waals surface area contributed by atoms with E-state index in [1.807, 2.05) is 27.7 Å². The third-order valence-corrected chi connectivity index (χ3v) is 5.17. The first-order valence-corrected chi connectivity index (χ1v) is 11.4. The summed E-state index contributed by atoms with van der Waals surface area (Å²) in [7, 11) is 0. The Hall–Kier alpha value is -2.20. The average Bonchev–Trinajstić information content (AvgIpc) is 2.68. The number of rotatable bonds is 15. The predicted octanol–water partition coefficient (Wildman–Crippen LogP) is 0.340. The van der Waals surface area contributed by atoms with Crippen molar-refractivity contribution in [3.8, 4) is 0 Å². The highest BCUT2D eigenvalue weighted by molar-refractivity contribution is 5.94. The van der Waals surface area contributed by atoms with Gasteiger partial charge in [-0.1, -0.05) is 41.5 Å². The number of carboxylic acids is 1. The number of hydrogen-bond acceptors (Lipinski definition) is 6. The van der Waals surface area contributed by atoms with Crippen LogP contribution in [-0.2, 0) is 19.2 Å². The number of carbonyl (C=O) groups excluding carboxylic acids is 3. The Bertz CT molecular complexity index is 624. The molecule has 186 valence electrons. The van der Waals surface area contributed by atoms with Gasteiger partial charge in [0.1, 0.15) is 18.1 Å². The molecule has 0 radical (unpaired) electrons. The molecule has 8 N–H and O–H groups in total. The lowest BCUT2D eigenvalue weighted by Crippen LogP contribution is -2.58. The fourth-order valence-corrected chi connectivity index (χ4v) is 3.08. The minimum atomic E-state index is -1.13. The molecule has 0 rings (SSSR count). The second-order valence-electron chi connectivity index (χ2n) is 9.37. The average molecular weight is 458 g/mol. The minimum Gasteiger partial charge on any atom is -0.480 e. The van der Waals surface area contributed by atoms with Gasteiger partial charge in [0.25, 0.3) is 0 Å². The van der Waals surface area contributed by atoms with Crippen LogP contribution in [0.25, 0.3) is 0 Å². The molecule has 10 nitrogen and oxygen atoms in total. The van der Waals surface area contributed by atoms with Crippen LogP contribution in [0.4, 0.5) is 0 Å². The number of carboxylic acid groups (broad SMARTS) is 1. The fourth-order valence-electron chi connectivity index (χ4n) is 3.08. The number of nitrogens with one attached hydrogen (secondary N) is 3. The lowest BCUT2D eigenvalue weighted by Gasteiger charge is -2.27. The van der Waals surface area contributed by atoms with Crippen LogP contribution in [0.5, 0.6) is 0 Å². The van der Waals surface area contributed by atoms with Crippen LogP contribution < -0.4 is 27.4 Å². The molecule has 0 aliphatic carbocycles. The van der Waals surface area contributed by atoms with Crippen LogP contribution in [0.3, 0.4) is 0 Å². The van der Waals surface area contributed by atoms with Crippen molar-refractivity contribution in [1.29, 1.82) is 0 Å². The lowest BCUT2D eigenvalue weighted by atomic mass is 9.99. The molecule has 10 heteroatoms. The number of aliphatic carboxylic acids is 1. The SMILES string of the molecule is CC(C)C[C@H](NC(=O)[C@H](CCCCN)NC(=O)[C@@H](NC(=O)[C@@H](N)C(C)C)C(C)C)C(=O)O. The highest BCUT2D eigenvalue weighted by atomic mass is 16.4. The van der Waals surface area contributed by atoms with Crippen molar-refractivity contribution in [1.82, 2.24) is 16.0 Å². The quantitative estimate of drug-likeness (QED) is 0.192. The highest BCUT2D eigenvalue weighted by Gasteiger charge is 2.32. The molecule has 0 saturated heterocycles. The largest absolute Gasteiger partial charge is 0.480 e. The van der Waals surface area contributed by atoms with Gasteiger partial charge in [-0.2, -0.15) is 0 Å². The molecule has 0 unspecified atom stereocenters. The second-order valence-corrected chi connectivity index (χ2v) is 9.37. The maximum atomic E-state index is 13.0. The fraction of sp³-hybridized carbons (Fsp3) is 0.818. The summed E-state index contributed by atoms with van der Waals surface area (Å²) in [6.07, 6.45) is 1.80. The van der Waals surface area contributed by atoms with E-state index in [1.165, 1.54) is 0 Å². The van der Waals surface area contributed by atoms with Gasteiger partial charge in [-0.25, -0.2) is 4.79 Å². The summed E-state index contributed by atoms with van der Waals surface area (Å²) >= 11 is 0. The third kappa shape index (κ3) is 10.9. The number of unbranched alkanes of at least 4 members (excludes halogenated alkanes) is 1. The van der Waals surface area contributed by atoms with Gasteiger partial charge in [0.05, 0.1) is 6.04 Å². The summed E-state index contributed by atoms with van der Waals surface area (Å²) in [5, 5.41) is 17.3. The third-order valence-electron chi connectivity index (χ3n) is 5.17. The Morgan fingerprint density at radius 3 is 1.78 bits per heavy atom. The van der Waals surface area contributed by atoms with Crippen molar-refractivity contribution in [2.24, 2.45) is 29.2 Å². The standard InChI is InChI=1S/C22H43N5O5/c1-12(2)11-16(22(31)32)26-19(28)15(9-7-8-10-23)25-21(30)18(14(5)6)27-20(29)17(24)13(3)4/h12-18H,7-11,23-24H2,1-6H3,(H,25,30)(H,26,28)(H,27,29)(H,31,32)/t15-,16-,17-,18-/m0/s1. The predicted molar refractivity (Wildman–Crippen MR) is 123 cm³/mol. The van der Waals surface area contributed by atoms with Gasteiger partial charge >= 0.3 is 5.97 Å². The molecule has 0 saturated carbocycles. The van der Waals surface area contributed by atoms with Crippen LogP contribution in [0, 0.1) is 17.8 Å². The van der Waals surface area contributed by atoms with E-state index in [9.17, 15) is 24.3 Å². The van der Waals surface area contributed by atoms with Crippen molar-refractivity contribution in [2.45, 2.75) is 91.4 Å². The molecule has 3 amide bonds. The molecule has 0 heterocycles. The van der Waals surface area contributed by atoms with E-state index >= 15 is 0 Å². The van der Waals surface area contributed by atoms with E-state index in [2.05, 4.69) is 16.0 Å². The van der Waals surface area contributed by atoms with Gasteiger partial charge in [-0.3, -0.25) is 14.4 Å². The van der Waals surface area contributed by atoms with E-state index in [4.69, 9.17) is 11.5 Å². The summed E-state index contributed by atoms with van der Waals surface area (Å²) in [5.74, 6) is -2.96. The molecule has 0 bridgehead atoms. The van der Waals surface area contributed by atoms with Crippen LogP contribution in [-0.4, -0.2) is 59.5 Å². The Balaban J connectivity index is 5.45. The zero-order valence-electron chi connectivity index (χ0n) is 20.3. The summed E-state index contributed by atoms with van der Waals surface area (Å²) in [5.41, 5.74) is 11.4. The van der Waals surface area contributed by atoms with Gasteiger partial charge in [0, 0.05) is 0 Å². The van der Waals surface area contributed by atoms with Crippen molar-refractivity contribution in [3.05, 3.63) is 0 Å². The first-order valence-electron chi connectivity index (χ1n) is 11.4.